The molecule has 2 heterocycles. The molecule has 1 aromatic carbocycles. The van der Waals surface area contributed by atoms with Gasteiger partial charge in [-0.15, -0.1) is 0 Å². The van der Waals surface area contributed by atoms with Crippen molar-refractivity contribution in [2.24, 2.45) is 5.16 Å². The number of rotatable bonds is 9. The molecule has 12 nitrogen and oxygen atoms in total. The second kappa shape index (κ2) is 13.3. The van der Waals surface area contributed by atoms with Gasteiger partial charge in [0.2, 0.25) is 0 Å². The van der Waals surface area contributed by atoms with Gasteiger partial charge in [0.25, 0.3) is 5.56 Å². The summed E-state index contributed by atoms with van der Waals surface area (Å²) in [7, 11) is 2.71. The first-order valence-electron chi connectivity index (χ1n) is 12.9. The van der Waals surface area contributed by atoms with Gasteiger partial charge in [-0.25, -0.2) is 24.1 Å². The van der Waals surface area contributed by atoms with Crippen molar-refractivity contribution in [2.75, 3.05) is 32.3 Å². The van der Waals surface area contributed by atoms with E-state index in [0.717, 1.165) is 21.1 Å². The molecule has 0 saturated carbocycles. The van der Waals surface area contributed by atoms with Crippen LogP contribution in [-0.2, 0) is 14.4 Å². The van der Waals surface area contributed by atoms with Gasteiger partial charge in [-0.3, -0.25) is 14.2 Å². The summed E-state index contributed by atoms with van der Waals surface area (Å²) >= 11 is 0. The lowest BCUT2D eigenvalue weighted by molar-refractivity contribution is -0.138. The molecule has 0 aliphatic carbocycles. The highest BCUT2D eigenvalue weighted by molar-refractivity contribution is 5.98. The van der Waals surface area contributed by atoms with Gasteiger partial charge in [0, 0.05) is 13.2 Å². The molecular formula is C27H36FN5O7. The van der Waals surface area contributed by atoms with Crippen LogP contribution in [0.3, 0.4) is 0 Å². The van der Waals surface area contributed by atoms with Crippen molar-refractivity contribution >= 4 is 23.7 Å². The van der Waals surface area contributed by atoms with Crippen LogP contribution >= 0.6 is 0 Å². The predicted octanol–water partition coefficient (Wildman–Crippen LogP) is 3.40. The molecule has 1 saturated heterocycles. The number of methoxy groups -OCH3 is 1. The maximum Gasteiger partial charge on any atom is 0.362 e. The van der Waals surface area contributed by atoms with Crippen LogP contribution in [0.4, 0.5) is 9.18 Å². The Morgan fingerprint density at radius 1 is 1.15 bits per heavy atom. The summed E-state index contributed by atoms with van der Waals surface area (Å²) in [5.74, 6) is -0.161. The number of carbonyl (C=O) groups excluding carboxylic acids is 1. The fraction of sp³-hybridized carbons (Fsp3) is 0.481. The first-order chi connectivity index (χ1) is 18.9. The summed E-state index contributed by atoms with van der Waals surface area (Å²) in [6.07, 6.45) is 3.41. The fourth-order valence-corrected chi connectivity index (χ4v) is 3.81. The van der Waals surface area contributed by atoms with Gasteiger partial charge in [-0.1, -0.05) is 5.16 Å². The topological polar surface area (TPSA) is 117 Å². The third kappa shape index (κ3) is 7.08. The van der Waals surface area contributed by atoms with E-state index in [4.69, 9.17) is 19.1 Å². The first-order valence-corrected chi connectivity index (χ1v) is 12.9. The Balaban J connectivity index is 2.28. The highest BCUT2D eigenvalue weighted by atomic mass is 19.1. The Labute approximate surface area is 231 Å². The summed E-state index contributed by atoms with van der Waals surface area (Å²) in [5, 5.41) is 6.00. The van der Waals surface area contributed by atoms with Crippen LogP contribution in [0.2, 0.25) is 0 Å². The van der Waals surface area contributed by atoms with Crippen molar-refractivity contribution in [3.05, 3.63) is 62.2 Å². The quantitative estimate of drug-likeness (QED) is 0.262. The van der Waals surface area contributed by atoms with Crippen molar-refractivity contribution in [3.8, 4) is 5.75 Å². The van der Waals surface area contributed by atoms with E-state index < -0.39 is 23.1 Å². The minimum absolute atomic E-state index is 0.0224. The van der Waals surface area contributed by atoms with Gasteiger partial charge < -0.3 is 14.3 Å². The van der Waals surface area contributed by atoms with E-state index >= 15 is 0 Å². The number of hydroxylamine groups is 2. The van der Waals surface area contributed by atoms with Gasteiger partial charge in [-0.2, -0.15) is 4.68 Å². The number of hydrogen-bond acceptors (Lipinski definition) is 8. The minimum atomic E-state index is -0.889. The monoisotopic (exact) mass is 561 g/mol. The molecule has 0 atom stereocenters. The Hall–Kier alpha value is -4.13. The summed E-state index contributed by atoms with van der Waals surface area (Å²) in [6, 6.07) is 3.17. The van der Waals surface area contributed by atoms with Crippen molar-refractivity contribution in [3.63, 3.8) is 0 Å². The predicted molar refractivity (Wildman–Crippen MR) is 148 cm³/mol. The third-order valence-corrected chi connectivity index (χ3v) is 5.72. The molecule has 0 radical (unpaired) electrons. The van der Waals surface area contributed by atoms with Crippen molar-refractivity contribution < 1.29 is 28.3 Å². The number of carbonyl (C=O) groups is 1. The molecule has 0 spiro atoms. The maximum absolute atomic E-state index is 14.3. The van der Waals surface area contributed by atoms with Crippen LogP contribution in [0.25, 0.3) is 12.0 Å². The lowest BCUT2D eigenvalue weighted by Gasteiger charge is -2.30. The van der Waals surface area contributed by atoms with E-state index in [2.05, 4.69) is 5.16 Å². The van der Waals surface area contributed by atoms with E-state index in [1.54, 1.807) is 34.6 Å². The number of benzene rings is 1. The van der Waals surface area contributed by atoms with Crippen LogP contribution in [0.15, 0.2) is 39.1 Å². The highest BCUT2D eigenvalue weighted by Gasteiger charge is 2.27. The van der Waals surface area contributed by atoms with Crippen molar-refractivity contribution in [2.45, 2.75) is 59.7 Å². The number of oxime groups is 1. The largest absolute Gasteiger partial charge is 0.496 e. The van der Waals surface area contributed by atoms with E-state index in [9.17, 15) is 18.8 Å². The molecule has 1 aliphatic heterocycles. The van der Waals surface area contributed by atoms with E-state index in [0.29, 0.717) is 30.0 Å². The molecule has 40 heavy (non-hydrogen) atoms. The van der Waals surface area contributed by atoms with Crippen LogP contribution in [-0.4, -0.2) is 65.6 Å². The molecule has 3 rings (SSSR count). The molecule has 2 aromatic rings. The number of halogens is 1. The number of aromatic nitrogens is 2. The Morgan fingerprint density at radius 2 is 1.88 bits per heavy atom. The highest BCUT2D eigenvalue weighted by Crippen LogP contribution is 2.29. The SMILES string of the molecule is COc1ccc(F)cc1/C(=C/n1cc(/C(C)=N/OC(C)C)c(=O)n(N(C)C(=O)N2CCCCO2)c1=O)OC(C)C. The molecule has 0 bridgehead atoms. The van der Waals surface area contributed by atoms with Gasteiger partial charge >= 0.3 is 11.7 Å². The summed E-state index contributed by atoms with van der Waals surface area (Å²) in [4.78, 5) is 51.2. The zero-order valence-corrected chi connectivity index (χ0v) is 23.8. The molecular weight excluding hydrogens is 525 g/mol. The van der Waals surface area contributed by atoms with Crippen molar-refractivity contribution in [1.29, 1.82) is 0 Å². The van der Waals surface area contributed by atoms with E-state index in [1.807, 2.05) is 0 Å². The lowest BCUT2D eigenvalue weighted by atomic mass is 10.1. The average Bonchev–Trinajstić information content (AvgIpc) is 2.92. The Bertz CT molecular complexity index is 1390. The molecule has 0 N–H and O–H groups in total. The Morgan fingerprint density at radius 3 is 2.48 bits per heavy atom. The number of amides is 2. The van der Waals surface area contributed by atoms with E-state index in [1.165, 1.54) is 44.8 Å². The van der Waals surface area contributed by atoms with Gasteiger partial charge in [0.15, 0.2) is 0 Å². The molecule has 1 aromatic heterocycles. The zero-order valence-electron chi connectivity index (χ0n) is 23.8. The summed E-state index contributed by atoms with van der Waals surface area (Å²) in [6.45, 7) is 9.25. The smallest absolute Gasteiger partial charge is 0.362 e. The molecule has 1 fully saturated rings. The molecule has 2 amide bonds. The lowest BCUT2D eigenvalue weighted by Crippen LogP contribution is -2.57. The van der Waals surface area contributed by atoms with Crippen LogP contribution in [0, 0.1) is 5.82 Å². The van der Waals surface area contributed by atoms with Gasteiger partial charge in [0.1, 0.15) is 23.4 Å². The number of nitrogens with zero attached hydrogens (tertiary/aromatic N) is 5. The van der Waals surface area contributed by atoms with E-state index in [-0.39, 0.29) is 34.8 Å². The summed E-state index contributed by atoms with van der Waals surface area (Å²) < 4.78 is 27.3. The molecule has 0 unspecified atom stereocenters. The van der Waals surface area contributed by atoms with Crippen LogP contribution < -0.4 is 21.0 Å². The minimum Gasteiger partial charge on any atom is -0.496 e. The fourth-order valence-electron chi connectivity index (χ4n) is 3.81. The second-order valence-electron chi connectivity index (χ2n) is 9.63. The molecule has 1 aliphatic rings. The van der Waals surface area contributed by atoms with Crippen LogP contribution in [0.5, 0.6) is 5.75 Å². The number of urea groups is 1. The first kappa shape index (κ1) is 30.4. The van der Waals surface area contributed by atoms with Gasteiger partial charge in [-0.05, 0) is 65.7 Å². The third-order valence-electron chi connectivity index (χ3n) is 5.72. The Kier molecular flexibility index (Phi) is 10.1. The zero-order chi connectivity index (χ0) is 29.6. The van der Waals surface area contributed by atoms with Crippen molar-refractivity contribution in [1.82, 2.24) is 14.3 Å². The van der Waals surface area contributed by atoms with Gasteiger partial charge in [0.05, 0.1) is 49.4 Å². The average molecular weight is 562 g/mol. The normalized spacial score (nSPS) is 14.5. The number of hydrogen-bond donors (Lipinski definition) is 0. The number of ether oxygens (including phenoxy) is 2. The van der Waals surface area contributed by atoms with Crippen LogP contribution in [0.1, 0.15) is 58.6 Å². The molecule has 218 valence electrons. The standard InChI is InChI=1S/C27H36FN5O7/c1-17(2)39-24(21-14-20(28)10-11-23(21)37-7)16-31-15-22(19(5)29-40-18(3)4)25(34)33(27(31)36)30(6)26(35)32-12-8-9-13-38-32/h10-11,14-18H,8-9,12-13H2,1-7H3/b24-16-,29-19+. The molecule has 13 heteroatoms. The second-order valence-corrected chi connectivity index (χ2v) is 9.63. The maximum atomic E-state index is 14.3. The summed E-state index contributed by atoms with van der Waals surface area (Å²) in [5.41, 5.74) is -1.31.